The molecule has 1 fully saturated rings. The molecule has 0 radical (unpaired) electrons. The molecule has 0 aliphatic carbocycles. The van der Waals surface area contributed by atoms with Crippen LogP contribution in [0.25, 0.3) is 0 Å². The molecular weight excluding hydrogens is 274 g/mol. The topological polar surface area (TPSA) is 90.0 Å². The number of hydrogen-bond acceptors (Lipinski definition) is 4. The van der Waals surface area contributed by atoms with Crippen molar-refractivity contribution in [2.75, 3.05) is 39.8 Å². The highest BCUT2D eigenvalue weighted by Gasteiger charge is 2.27. The summed E-state index contributed by atoms with van der Waals surface area (Å²) < 4.78 is 0. The van der Waals surface area contributed by atoms with Crippen molar-refractivity contribution >= 4 is 17.8 Å². The molecule has 0 atom stereocenters. The van der Waals surface area contributed by atoms with E-state index >= 15 is 0 Å². The zero-order chi connectivity index (χ0) is 15.8. The summed E-state index contributed by atoms with van der Waals surface area (Å²) in [6.45, 7) is 3.95. The van der Waals surface area contributed by atoms with Crippen LogP contribution in [0.4, 0.5) is 0 Å². The Morgan fingerprint density at radius 1 is 1.24 bits per heavy atom. The van der Waals surface area contributed by atoms with Crippen molar-refractivity contribution in [3.8, 4) is 0 Å². The summed E-state index contributed by atoms with van der Waals surface area (Å²) in [5, 5.41) is 11.7. The first-order valence-electron chi connectivity index (χ1n) is 7.39. The number of piperidine rings is 1. The van der Waals surface area contributed by atoms with E-state index in [0.29, 0.717) is 32.5 Å². The van der Waals surface area contributed by atoms with Crippen LogP contribution >= 0.6 is 0 Å². The van der Waals surface area contributed by atoms with E-state index < -0.39 is 5.97 Å². The molecule has 1 aliphatic heterocycles. The molecule has 1 rings (SSSR count). The summed E-state index contributed by atoms with van der Waals surface area (Å²) in [6.07, 6.45) is 1.89. The lowest BCUT2D eigenvalue weighted by Crippen LogP contribution is -2.46. The normalized spacial score (nSPS) is 16.0. The van der Waals surface area contributed by atoms with Gasteiger partial charge in [-0.2, -0.15) is 0 Å². The van der Waals surface area contributed by atoms with Gasteiger partial charge in [0.05, 0.1) is 19.0 Å². The van der Waals surface area contributed by atoms with Crippen LogP contribution in [0.5, 0.6) is 0 Å². The third-order valence-corrected chi connectivity index (χ3v) is 3.59. The van der Waals surface area contributed by atoms with E-state index in [0.717, 1.165) is 6.42 Å². The number of hydrogen-bond donors (Lipinski definition) is 2. The molecule has 0 saturated carbocycles. The van der Waals surface area contributed by atoms with E-state index in [1.807, 2.05) is 6.92 Å². The van der Waals surface area contributed by atoms with Crippen LogP contribution in [0.3, 0.4) is 0 Å². The second-order valence-electron chi connectivity index (χ2n) is 5.52. The molecular formula is C14H25N3O4. The number of carbonyl (C=O) groups is 3. The Labute approximate surface area is 125 Å². The van der Waals surface area contributed by atoms with Crippen LogP contribution < -0.4 is 5.32 Å². The number of carboxylic acids is 1. The maximum Gasteiger partial charge on any atom is 0.306 e. The largest absolute Gasteiger partial charge is 0.481 e. The number of aliphatic carboxylic acids is 1. The van der Waals surface area contributed by atoms with Gasteiger partial charge in [-0.15, -0.1) is 0 Å². The molecule has 0 aromatic heterocycles. The highest BCUT2D eigenvalue weighted by atomic mass is 16.4. The molecule has 7 heteroatoms. The average Bonchev–Trinajstić information content (AvgIpc) is 2.44. The van der Waals surface area contributed by atoms with Gasteiger partial charge in [0.25, 0.3) is 0 Å². The molecule has 1 saturated heterocycles. The Kier molecular flexibility index (Phi) is 7.14. The number of likely N-dealkylation sites (tertiary alicyclic amines) is 1. The predicted molar refractivity (Wildman–Crippen MR) is 77.7 cm³/mol. The van der Waals surface area contributed by atoms with Crippen molar-refractivity contribution in [3.63, 3.8) is 0 Å². The van der Waals surface area contributed by atoms with Gasteiger partial charge >= 0.3 is 5.97 Å². The van der Waals surface area contributed by atoms with Gasteiger partial charge in [0.2, 0.25) is 11.8 Å². The van der Waals surface area contributed by atoms with Gasteiger partial charge < -0.3 is 15.3 Å². The molecule has 0 aromatic rings. The highest BCUT2D eigenvalue weighted by molar-refractivity contribution is 5.81. The van der Waals surface area contributed by atoms with E-state index in [-0.39, 0.29) is 30.8 Å². The fraction of sp³-hybridized carbons (Fsp3) is 0.786. The molecule has 0 bridgehead atoms. The number of amides is 2. The number of nitrogens with zero attached hydrogens (tertiary/aromatic N) is 2. The van der Waals surface area contributed by atoms with Crippen LogP contribution in [0, 0.1) is 5.92 Å². The van der Waals surface area contributed by atoms with E-state index in [1.54, 1.807) is 16.8 Å². The van der Waals surface area contributed by atoms with Gasteiger partial charge in [-0.3, -0.25) is 19.3 Å². The first-order chi connectivity index (χ1) is 9.93. The van der Waals surface area contributed by atoms with E-state index in [1.165, 1.54) is 0 Å². The van der Waals surface area contributed by atoms with Crippen molar-refractivity contribution in [2.24, 2.45) is 5.92 Å². The maximum atomic E-state index is 12.1. The number of rotatable bonds is 7. The van der Waals surface area contributed by atoms with Crippen molar-refractivity contribution in [1.82, 2.24) is 15.1 Å². The molecule has 0 aromatic carbocycles. The standard InChI is InChI=1S/C14H25N3O4/c1-3-6-15-12(18)9-16(2)10-13(19)17-7-4-11(5-8-17)14(20)21/h11H,3-10H2,1-2H3,(H,15,18)(H,20,21). The Balaban J connectivity index is 2.30. The van der Waals surface area contributed by atoms with Crippen LogP contribution in [-0.2, 0) is 14.4 Å². The third kappa shape index (κ3) is 6.12. The zero-order valence-electron chi connectivity index (χ0n) is 12.8. The molecule has 0 spiro atoms. The maximum absolute atomic E-state index is 12.1. The molecule has 1 heterocycles. The van der Waals surface area contributed by atoms with Crippen molar-refractivity contribution in [2.45, 2.75) is 26.2 Å². The van der Waals surface area contributed by atoms with Gasteiger partial charge in [0.15, 0.2) is 0 Å². The van der Waals surface area contributed by atoms with E-state index in [2.05, 4.69) is 5.32 Å². The second-order valence-corrected chi connectivity index (χ2v) is 5.52. The number of nitrogens with one attached hydrogen (secondary N) is 1. The van der Waals surface area contributed by atoms with Crippen LogP contribution in [0.2, 0.25) is 0 Å². The monoisotopic (exact) mass is 299 g/mol. The minimum atomic E-state index is -0.785. The minimum Gasteiger partial charge on any atom is -0.481 e. The fourth-order valence-corrected chi connectivity index (χ4v) is 2.33. The lowest BCUT2D eigenvalue weighted by molar-refractivity contribution is -0.146. The summed E-state index contributed by atoms with van der Waals surface area (Å²) in [6, 6.07) is 0. The number of likely N-dealkylation sites (N-methyl/N-ethyl adjacent to an activating group) is 1. The van der Waals surface area contributed by atoms with Crippen LogP contribution in [0.1, 0.15) is 26.2 Å². The van der Waals surface area contributed by atoms with Crippen LogP contribution in [0.15, 0.2) is 0 Å². The molecule has 0 unspecified atom stereocenters. The average molecular weight is 299 g/mol. The van der Waals surface area contributed by atoms with E-state index in [4.69, 9.17) is 5.11 Å². The summed E-state index contributed by atoms with van der Waals surface area (Å²) in [5.74, 6) is -1.26. The third-order valence-electron chi connectivity index (χ3n) is 3.59. The molecule has 2 amide bonds. The second kappa shape index (κ2) is 8.61. The summed E-state index contributed by atoms with van der Waals surface area (Å²) in [5.41, 5.74) is 0. The van der Waals surface area contributed by atoms with Crippen molar-refractivity contribution < 1.29 is 19.5 Å². The number of carboxylic acid groups (broad SMARTS) is 1. The molecule has 120 valence electrons. The molecule has 21 heavy (non-hydrogen) atoms. The first kappa shape index (κ1) is 17.4. The van der Waals surface area contributed by atoms with Gasteiger partial charge in [0, 0.05) is 19.6 Å². The quantitative estimate of drug-likeness (QED) is 0.677. The zero-order valence-corrected chi connectivity index (χ0v) is 12.8. The summed E-state index contributed by atoms with van der Waals surface area (Å²) in [7, 11) is 1.73. The Morgan fingerprint density at radius 3 is 2.38 bits per heavy atom. The SMILES string of the molecule is CCCNC(=O)CN(C)CC(=O)N1CCC(C(=O)O)CC1. The highest BCUT2D eigenvalue weighted by Crippen LogP contribution is 2.17. The van der Waals surface area contributed by atoms with Gasteiger partial charge in [-0.25, -0.2) is 0 Å². The van der Waals surface area contributed by atoms with Crippen molar-refractivity contribution in [1.29, 1.82) is 0 Å². The smallest absolute Gasteiger partial charge is 0.306 e. The Hall–Kier alpha value is -1.63. The summed E-state index contributed by atoms with van der Waals surface area (Å²) >= 11 is 0. The lowest BCUT2D eigenvalue weighted by Gasteiger charge is -2.31. The Bertz CT molecular complexity index is 378. The number of carbonyl (C=O) groups excluding carboxylic acids is 2. The molecule has 7 nitrogen and oxygen atoms in total. The minimum absolute atomic E-state index is 0.0513. The molecule has 2 N–H and O–H groups in total. The lowest BCUT2D eigenvalue weighted by atomic mass is 9.97. The van der Waals surface area contributed by atoms with Crippen molar-refractivity contribution in [3.05, 3.63) is 0 Å². The van der Waals surface area contributed by atoms with E-state index in [9.17, 15) is 14.4 Å². The van der Waals surface area contributed by atoms with Gasteiger partial charge in [-0.05, 0) is 26.3 Å². The first-order valence-corrected chi connectivity index (χ1v) is 7.39. The fourth-order valence-electron chi connectivity index (χ4n) is 2.33. The summed E-state index contributed by atoms with van der Waals surface area (Å²) in [4.78, 5) is 37.8. The Morgan fingerprint density at radius 2 is 1.86 bits per heavy atom. The van der Waals surface area contributed by atoms with Gasteiger partial charge in [0.1, 0.15) is 0 Å². The van der Waals surface area contributed by atoms with Gasteiger partial charge in [-0.1, -0.05) is 6.92 Å². The van der Waals surface area contributed by atoms with Crippen LogP contribution in [-0.4, -0.2) is 72.5 Å². The molecule has 1 aliphatic rings. The predicted octanol–water partition coefficient (Wildman–Crippen LogP) is -0.232.